The molecule has 6 aromatic rings. The van der Waals surface area contributed by atoms with E-state index in [4.69, 9.17) is 4.74 Å². The molecule has 6 aromatic carbocycles. The SMILES string of the molecule is COc1cc(-c2ccc(N(c3ccc(C)cc3)c3ccc(C)c(C)c3)c(C)c2)ccc1N(c1ccc(C)cc1)c1ccc(C)cc1. The molecule has 0 saturated heterocycles. The van der Waals surface area contributed by atoms with Crippen molar-refractivity contribution in [2.45, 2.75) is 41.5 Å². The Balaban J connectivity index is 1.41. The molecule has 0 aliphatic carbocycles. The van der Waals surface area contributed by atoms with Crippen LogP contribution < -0.4 is 14.5 Å². The highest BCUT2D eigenvalue weighted by atomic mass is 16.5. The Morgan fingerprint density at radius 2 is 0.804 bits per heavy atom. The summed E-state index contributed by atoms with van der Waals surface area (Å²) in [5, 5.41) is 0. The molecule has 0 atom stereocenters. The zero-order valence-electron chi connectivity index (χ0n) is 27.9. The lowest BCUT2D eigenvalue weighted by molar-refractivity contribution is 0.416. The molecule has 0 spiro atoms. The second-order valence-corrected chi connectivity index (χ2v) is 12.3. The number of ether oxygens (including phenoxy) is 1. The quantitative estimate of drug-likeness (QED) is 0.172. The van der Waals surface area contributed by atoms with E-state index in [1.54, 1.807) is 7.11 Å². The predicted octanol–water partition coefficient (Wildman–Crippen LogP) is 12.2. The molecule has 0 bridgehead atoms. The number of hydrogen-bond donors (Lipinski definition) is 0. The summed E-state index contributed by atoms with van der Waals surface area (Å²) < 4.78 is 6.07. The maximum atomic E-state index is 6.07. The molecule has 0 radical (unpaired) electrons. The molecular formula is C43H42N2O. The lowest BCUT2D eigenvalue weighted by Crippen LogP contribution is -2.12. The van der Waals surface area contributed by atoms with Gasteiger partial charge in [0.15, 0.2) is 0 Å². The van der Waals surface area contributed by atoms with Gasteiger partial charge >= 0.3 is 0 Å². The molecule has 0 N–H and O–H groups in total. The monoisotopic (exact) mass is 602 g/mol. The summed E-state index contributed by atoms with van der Waals surface area (Å²) in [6.07, 6.45) is 0. The van der Waals surface area contributed by atoms with E-state index in [-0.39, 0.29) is 0 Å². The van der Waals surface area contributed by atoms with Gasteiger partial charge in [-0.15, -0.1) is 0 Å². The van der Waals surface area contributed by atoms with Crippen molar-refractivity contribution in [2.24, 2.45) is 0 Å². The van der Waals surface area contributed by atoms with Gasteiger partial charge in [-0.2, -0.15) is 0 Å². The molecule has 0 aliphatic rings. The van der Waals surface area contributed by atoms with Gasteiger partial charge < -0.3 is 14.5 Å². The normalized spacial score (nSPS) is 10.9. The topological polar surface area (TPSA) is 15.7 Å². The molecule has 0 saturated carbocycles. The van der Waals surface area contributed by atoms with Crippen molar-refractivity contribution in [1.29, 1.82) is 0 Å². The minimum atomic E-state index is 0.816. The highest BCUT2D eigenvalue weighted by molar-refractivity contribution is 5.84. The average Bonchev–Trinajstić information content (AvgIpc) is 3.06. The number of aryl methyl sites for hydroxylation is 6. The lowest BCUT2D eigenvalue weighted by Gasteiger charge is -2.28. The Morgan fingerprint density at radius 1 is 0.370 bits per heavy atom. The van der Waals surface area contributed by atoms with E-state index in [0.29, 0.717) is 0 Å². The molecule has 3 heteroatoms. The summed E-state index contributed by atoms with van der Waals surface area (Å²) in [7, 11) is 1.75. The van der Waals surface area contributed by atoms with Gasteiger partial charge in [-0.1, -0.05) is 71.3 Å². The molecule has 0 fully saturated rings. The van der Waals surface area contributed by atoms with Gasteiger partial charge in [0.05, 0.1) is 12.8 Å². The maximum absolute atomic E-state index is 6.07. The molecule has 0 unspecified atom stereocenters. The van der Waals surface area contributed by atoms with Crippen LogP contribution in [-0.2, 0) is 0 Å². The average molecular weight is 603 g/mol. The van der Waals surface area contributed by atoms with Crippen LogP contribution in [-0.4, -0.2) is 7.11 Å². The minimum Gasteiger partial charge on any atom is -0.495 e. The van der Waals surface area contributed by atoms with E-state index in [1.165, 1.54) is 33.4 Å². The van der Waals surface area contributed by atoms with Crippen molar-refractivity contribution in [3.8, 4) is 16.9 Å². The highest BCUT2D eigenvalue weighted by Gasteiger charge is 2.19. The number of benzene rings is 6. The molecule has 0 heterocycles. The lowest BCUT2D eigenvalue weighted by atomic mass is 9.99. The van der Waals surface area contributed by atoms with Gasteiger partial charge in [0.1, 0.15) is 5.75 Å². The van der Waals surface area contributed by atoms with Crippen molar-refractivity contribution in [3.63, 3.8) is 0 Å². The first-order valence-corrected chi connectivity index (χ1v) is 15.9. The second kappa shape index (κ2) is 13.0. The molecule has 46 heavy (non-hydrogen) atoms. The van der Waals surface area contributed by atoms with Crippen LogP contribution in [0.15, 0.2) is 127 Å². The Labute approximate surface area is 274 Å². The summed E-state index contributed by atoms with van der Waals surface area (Å²) >= 11 is 0. The Bertz CT molecular complexity index is 1930. The zero-order valence-corrected chi connectivity index (χ0v) is 27.9. The van der Waals surface area contributed by atoms with Crippen molar-refractivity contribution in [2.75, 3.05) is 16.9 Å². The van der Waals surface area contributed by atoms with Gasteiger partial charge in [0.25, 0.3) is 0 Å². The van der Waals surface area contributed by atoms with Crippen molar-refractivity contribution in [3.05, 3.63) is 161 Å². The fourth-order valence-electron chi connectivity index (χ4n) is 5.93. The van der Waals surface area contributed by atoms with Crippen LogP contribution in [0.25, 0.3) is 11.1 Å². The second-order valence-electron chi connectivity index (χ2n) is 12.3. The zero-order chi connectivity index (χ0) is 32.4. The number of hydrogen-bond acceptors (Lipinski definition) is 3. The van der Waals surface area contributed by atoms with Crippen LogP contribution in [0.2, 0.25) is 0 Å². The van der Waals surface area contributed by atoms with Crippen LogP contribution >= 0.6 is 0 Å². The van der Waals surface area contributed by atoms with Crippen LogP contribution in [0.1, 0.15) is 33.4 Å². The van der Waals surface area contributed by atoms with E-state index in [9.17, 15) is 0 Å². The number of methoxy groups -OCH3 is 1. The number of rotatable bonds is 8. The van der Waals surface area contributed by atoms with Gasteiger partial charge in [0.2, 0.25) is 0 Å². The van der Waals surface area contributed by atoms with Gasteiger partial charge in [-0.05, 0) is 142 Å². The molecule has 230 valence electrons. The van der Waals surface area contributed by atoms with E-state index < -0.39 is 0 Å². The summed E-state index contributed by atoms with van der Waals surface area (Å²) in [5.74, 6) is 0.816. The summed E-state index contributed by atoms with van der Waals surface area (Å²) in [4.78, 5) is 4.62. The number of nitrogens with zero attached hydrogens (tertiary/aromatic N) is 2. The molecule has 0 amide bonds. The third-order valence-electron chi connectivity index (χ3n) is 8.82. The highest BCUT2D eigenvalue weighted by Crippen LogP contribution is 2.43. The molecule has 3 nitrogen and oxygen atoms in total. The molecule has 0 aromatic heterocycles. The largest absolute Gasteiger partial charge is 0.495 e. The first-order chi connectivity index (χ1) is 22.2. The van der Waals surface area contributed by atoms with E-state index in [1.807, 2.05) is 0 Å². The maximum Gasteiger partial charge on any atom is 0.143 e. The Kier molecular flexibility index (Phi) is 8.68. The molecule has 6 rings (SSSR count). The van der Waals surface area contributed by atoms with E-state index >= 15 is 0 Å². The van der Waals surface area contributed by atoms with Crippen LogP contribution in [0.3, 0.4) is 0 Å². The van der Waals surface area contributed by atoms with Crippen LogP contribution in [0, 0.1) is 41.5 Å². The molecular weight excluding hydrogens is 560 g/mol. The van der Waals surface area contributed by atoms with E-state index in [2.05, 4.69) is 179 Å². The summed E-state index contributed by atoms with van der Waals surface area (Å²) in [5.41, 5.74) is 16.3. The standard InChI is InChI=1S/C43H42N2O/c1-29-8-17-37(18-9-29)44(38-19-10-30(2)11-20-38)42-25-16-36(28-43(42)46-7)35-15-24-41(34(6)26-35)45(39-21-12-31(3)13-22-39)40-23-14-32(4)33(5)27-40/h8-28H,1-7H3. The first-order valence-electron chi connectivity index (χ1n) is 15.9. The van der Waals surface area contributed by atoms with Gasteiger partial charge in [-0.25, -0.2) is 0 Å². The fraction of sp³-hybridized carbons (Fsp3) is 0.163. The van der Waals surface area contributed by atoms with Crippen LogP contribution in [0.4, 0.5) is 34.1 Å². The Morgan fingerprint density at radius 3 is 1.26 bits per heavy atom. The predicted molar refractivity (Wildman–Crippen MR) is 196 cm³/mol. The van der Waals surface area contributed by atoms with Crippen molar-refractivity contribution < 1.29 is 4.74 Å². The van der Waals surface area contributed by atoms with Gasteiger partial charge in [-0.3, -0.25) is 0 Å². The van der Waals surface area contributed by atoms with Crippen LogP contribution in [0.5, 0.6) is 5.75 Å². The fourth-order valence-corrected chi connectivity index (χ4v) is 5.93. The smallest absolute Gasteiger partial charge is 0.143 e. The Hall–Kier alpha value is -5.28. The third-order valence-corrected chi connectivity index (χ3v) is 8.82. The minimum absolute atomic E-state index is 0.816. The van der Waals surface area contributed by atoms with Gasteiger partial charge in [0, 0.05) is 28.4 Å². The van der Waals surface area contributed by atoms with Crippen molar-refractivity contribution in [1.82, 2.24) is 0 Å². The molecule has 0 aliphatic heterocycles. The van der Waals surface area contributed by atoms with Crippen molar-refractivity contribution >= 4 is 34.1 Å². The third kappa shape index (κ3) is 6.27. The summed E-state index contributed by atoms with van der Waals surface area (Å²) in [6, 6.07) is 46.0. The van der Waals surface area contributed by atoms with E-state index in [0.717, 1.165) is 51.0 Å². The first kappa shape index (κ1) is 30.7. The summed E-state index contributed by atoms with van der Waals surface area (Å²) in [6.45, 7) is 12.9. The number of anilines is 6.